The normalized spacial score (nSPS) is 22.9. The molecule has 5 nitrogen and oxygen atoms in total. The van der Waals surface area contributed by atoms with Crippen molar-refractivity contribution in [1.29, 1.82) is 0 Å². The van der Waals surface area contributed by atoms with Gasteiger partial charge in [-0.3, -0.25) is 4.79 Å². The van der Waals surface area contributed by atoms with Crippen LogP contribution in [0.5, 0.6) is 0 Å². The summed E-state index contributed by atoms with van der Waals surface area (Å²) in [7, 11) is 4.09. The third-order valence-electron chi connectivity index (χ3n) is 3.47. The molecule has 18 heavy (non-hydrogen) atoms. The van der Waals surface area contributed by atoms with Crippen LogP contribution in [0.3, 0.4) is 0 Å². The van der Waals surface area contributed by atoms with E-state index in [0.29, 0.717) is 13.2 Å². The number of carbonyl (C=O) groups is 1. The maximum atomic E-state index is 12.1. The average Bonchev–Trinajstić information content (AvgIpc) is 2.28. The van der Waals surface area contributed by atoms with Crippen LogP contribution in [0.25, 0.3) is 0 Å². The van der Waals surface area contributed by atoms with Gasteiger partial charge in [0.25, 0.3) is 5.91 Å². The summed E-state index contributed by atoms with van der Waals surface area (Å²) in [5, 5.41) is 6.23. The maximum Gasteiger partial charge on any atom is 0.250 e. The Morgan fingerprint density at radius 3 is 2.72 bits per heavy atom. The molecule has 2 unspecified atom stereocenters. The van der Waals surface area contributed by atoms with Gasteiger partial charge < -0.3 is 20.3 Å². The van der Waals surface area contributed by atoms with Crippen molar-refractivity contribution in [1.82, 2.24) is 15.5 Å². The molecule has 2 N–H and O–H groups in total. The number of amides is 1. The minimum absolute atomic E-state index is 0.0125. The Hall–Kier alpha value is -0.650. The summed E-state index contributed by atoms with van der Waals surface area (Å²) in [6, 6.07) is 0.109. The first-order valence-corrected chi connectivity index (χ1v) is 6.60. The van der Waals surface area contributed by atoms with Crippen LogP contribution in [0.2, 0.25) is 0 Å². The highest BCUT2D eigenvalue weighted by Gasteiger charge is 2.30. The molecule has 1 aliphatic rings. The van der Waals surface area contributed by atoms with E-state index in [4.69, 9.17) is 4.74 Å². The van der Waals surface area contributed by atoms with Crippen molar-refractivity contribution < 1.29 is 9.53 Å². The van der Waals surface area contributed by atoms with Crippen molar-refractivity contribution in [3.05, 3.63) is 0 Å². The third-order valence-corrected chi connectivity index (χ3v) is 3.47. The molecule has 1 fully saturated rings. The highest BCUT2D eigenvalue weighted by Crippen LogP contribution is 2.21. The zero-order valence-corrected chi connectivity index (χ0v) is 12.2. The van der Waals surface area contributed by atoms with Crippen LogP contribution in [0.15, 0.2) is 0 Å². The lowest BCUT2D eigenvalue weighted by Gasteiger charge is -2.36. The van der Waals surface area contributed by atoms with Crippen molar-refractivity contribution in [2.24, 2.45) is 5.41 Å². The summed E-state index contributed by atoms with van der Waals surface area (Å²) in [6.07, 6.45) is -0.351. The molecule has 1 amide bonds. The molecule has 1 heterocycles. The van der Waals surface area contributed by atoms with E-state index in [9.17, 15) is 4.79 Å². The second-order valence-electron chi connectivity index (χ2n) is 6.02. The Morgan fingerprint density at radius 1 is 1.56 bits per heavy atom. The first kappa shape index (κ1) is 15.4. The van der Waals surface area contributed by atoms with E-state index in [1.54, 1.807) is 0 Å². The number of hydrogen-bond donors (Lipinski definition) is 2. The Kier molecular flexibility index (Phi) is 5.56. The molecule has 0 aliphatic carbocycles. The highest BCUT2D eigenvalue weighted by atomic mass is 16.5. The van der Waals surface area contributed by atoms with E-state index in [0.717, 1.165) is 13.1 Å². The molecule has 0 aromatic carbocycles. The molecule has 0 aromatic heterocycles. The van der Waals surface area contributed by atoms with E-state index in [1.807, 2.05) is 14.1 Å². The first-order chi connectivity index (χ1) is 8.33. The molecular formula is C13H27N3O2. The van der Waals surface area contributed by atoms with Crippen LogP contribution in [0.4, 0.5) is 0 Å². The number of nitrogens with one attached hydrogen (secondary N) is 2. The molecule has 1 saturated heterocycles. The molecule has 106 valence electrons. The fourth-order valence-electron chi connectivity index (χ4n) is 2.19. The lowest BCUT2D eigenvalue weighted by Crippen LogP contribution is -2.54. The Labute approximate surface area is 110 Å². The molecule has 0 spiro atoms. The van der Waals surface area contributed by atoms with Gasteiger partial charge in [-0.1, -0.05) is 13.8 Å². The molecule has 0 saturated carbocycles. The zero-order chi connectivity index (χ0) is 13.8. The predicted octanol–water partition coefficient (Wildman–Crippen LogP) is 0.0673. The highest BCUT2D eigenvalue weighted by molar-refractivity contribution is 5.81. The van der Waals surface area contributed by atoms with Gasteiger partial charge >= 0.3 is 0 Å². The van der Waals surface area contributed by atoms with Crippen molar-refractivity contribution in [2.75, 3.05) is 40.3 Å². The van der Waals surface area contributed by atoms with E-state index in [1.165, 1.54) is 0 Å². The van der Waals surface area contributed by atoms with Gasteiger partial charge in [-0.05, 0) is 26.4 Å². The van der Waals surface area contributed by atoms with Gasteiger partial charge in [-0.2, -0.15) is 0 Å². The monoisotopic (exact) mass is 257 g/mol. The fourth-order valence-corrected chi connectivity index (χ4v) is 2.19. The molecule has 1 rings (SSSR count). The summed E-state index contributed by atoms with van der Waals surface area (Å²) in [5.74, 6) is -0.0125. The van der Waals surface area contributed by atoms with Gasteiger partial charge in [0.2, 0.25) is 0 Å². The van der Waals surface area contributed by atoms with E-state index in [-0.39, 0.29) is 23.5 Å². The summed E-state index contributed by atoms with van der Waals surface area (Å²) in [4.78, 5) is 14.2. The molecular weight excluding hydrogens is 230 g/mol. The number of hydrogen-bond acceptors (Lipinski definition) is 4. The SMILES string of the molecule is CC(NC(=O)C1CNCCO1)C(C)(C)CN(C)C. The molecule has 0 aromatic rings. The zero-order valence-electron chi connectivity index (χ0n) is 12.2. The Morgan fingerprint density at radius 2 is 2.22 bits per heavy atom. The summed E-state index contributed by atoms with van der Waals surface area (Å²) in [6.45, 7) is 9.34. The molecule has 2 atom stereocenters. The van der Waals surface area contributed by atoms with Crippen LogP contribution in [0, 0.1) is 5.41 Å². The largest absolute Gasteiger partial charge is 0.366 e. The number of carbonyl (C=O) groups excluding carboxylic acids is 1. The van der Waals surface area contributed by atoms with Crippen molar-refractivity contribution in [2.45, 2.75) is 32.9 Å². The van der Waals surface area contributed by atoms with Crippen molar-refractivity contribution in [3.8, 4) is 0 Å². The van der Waals surface area contributed by atoms with Crippen LogP contribution in [0.1, 0.15) is 20.8 Å². The van der Waals surface area contributed by atoms with E-state index in [2.05, 4.69) is 36.3 Å². The van der Waals surface area contributed by atoms with E-state index < -0.39 is 0 Å². The smallest absolute Gasteiger partial charge is 0.250 e. The van der Waals surface area contributed by atoms with Gasteiger partial charge in [0.15, 0.2) is 0 Å². The fraction of sp³-hybridized carbons (Fsp3) is 0.923. The summed E-state index contributed by atoms with van der Waals surface area (Å²) >= 11 is 0. The average molecular weight is 257 g/mol. The third kappa shape index (κ3) is 4.55. The second kappa shape index (κ2) is 6.50. The van der Waals surface area contributed by atoms with Crippen molar-refractivity contribution >= 4 is 5.91 Å². The number of nitrogens with zero attached hydrogens (tertiary/aromatic N) is 1. The lowest BCUT2D eigenvalue weighted by atomic mass is 9.85. The first-order valence-electron chi connectivity index (χ1n) is 6.60. The number of ether oxygens (including phenoxy) is 1. The Bertz CT molecular complexity index is 273. The van der Waals surface area contributed by atoms with Crippen LogP contribution < -0.4 is 10.6 Å². The van der Waals surface area contributed by atoms with Gasteiger partial charge in [-0.15, -0.1) is 0 Å². The van der Waals surface area contributed by atoms with Crippen LogP contribution in [-0.4, -0.2) is 63.3 Å². The lowest BCUT2D eigenvalue weighted by molar-refractivity contribution is -0.135. The van der Waals surface area contributed by atoms with Crippen LogP contribution >= 0.6 is 0 Å². The standard InChI is InChI=1S/C13H27N3O2/c1-10(13(2,3)9-16(4)5)15-12(17)11-8-14-6-7-18-11/h10-11,14H,6-9H2,1-5H3,(H,15,17). The quantitative estimate of drug-likeness (QED) is 0.732. The maximum absolute atomic E-state index is 12.1. The summed E-state index contributed by atoms with van der Waals surface area (Å²) in [5.41, 5.74) is 0.0290. The second-order valence-corrected chi connectivity index (χ2v) is 6.02. The minimum atomic E-state index is -0.351. The Balaban J connectivity index is 2.47. The molecule has 5 heteroatoms. The van der Waals surface area contributed by atoms with E-state index >= 15 is 0 Å². The number of rotatable bonds is 5. The predicted molar refractivity (Wildman–Crippen MR) is 72.5 cm³/mol. The summed E-state index contributed by atoms with van der Waals surface area (Å²) < 4.78 is 5.45. The van der Waals surface area contributed by atoms with Gasteiger partial charge in [0.1, 0.15) is 6.10 Å². The molecule has 0 radical (unpaired) electrons. The van der Waals surface area contributed by atoms with Crippen LogP contribution in [-0.2, 0) is 9.53 Å². The molecule has 1 aliphatic heterocycles. The van der Waals surface area contributed by atoms with Gasteiger partial charge in [-0.25, -0.2) is 0 Å². The molecule has 0 bridgehead atoms. The van der Waals surface area contributed by atoms with Gasteiger partial charge in [0.05, 0.1) is 6.61 Å². The van der Waals surface area contributed by atoms with Crippen molar-refractivity contribution in [3.63, 3.8) is 0 Å². The van der Waals surface area contributed by atoms with Gasteiger partial charge in [0, 0.05) is 25.7 Å². The number of morpholine rings is 1. The topological polar surface area (TPSA) is 53.6 Å². The minimum Gasteiger partial charge on any atom is -0.366 e.